The minimum absolute atomic E-state index is 0.00939. The molecule has 7 nitrogen and oxygen atoms in total. The third-order valence-corrected chi connectivity index (χ3v) is 8.21. The molecule has 2 aromatic rings. The number of hydrogen-bond acceptors (Lipinski definition) is 5. The summed E-state index contributed by atoms with van der Waals surface area (Å²) in [6.07, 6.45) is 5.14. The van der Waals surface area contributed by atoms with Crippen LogP contribution in [0.4, 0.5) is 5.69 Å². The molecule has 0 unspecified atom stereocenters. The Hall–Kier alpha value is -2.29. The summed E-state index contributed by atoms with van der Waals surface area (Å²) in [7, 11) is -1.55. The van der Waals surface area contributed by atoms with Crippen molar-refractivity contribution in [2.24, 2.45) is 5.41 Å². The van der Waals surface area contributed by atoms with Crippen molar-refractivity contribution in [3.63, 3.8) is 0 Å². The number of benzene rings is 1. The van der Waals surface area contributed by atoms with Crippen molar-refractivity contribution in [1.29, 1.82) is 0 Å². The van der Waals surface area contributed by atoms with Crippen molar-refractivity contribution in [2.75, 3.05) is 32.0 Å². The molecule has 2 atom stereocenters. The van der Waals surface area contributed by atoms with E-state index in [1.54, 1.807) is 48.8 Å². The van der Waals surface area contributed by atoms with Crippen LogP contribution in [0.25, 0.3) is 0 Å². The van der Waals surface area contributed by atoms with Gasteiger partial charge < -0.3 is 10.2 Å². The zero-order chi connectivity index (χ0) is 20.5. The third-order valence-electron chi connectivity index (χ3n) is 6.29. The quantitative estimate of drug-likeness (QED) is 0.829. The summed E-state index contributed by atoms with van der Waals surface area (Å²) in [4.78, 5) is 19.9. The first-order valence-corrected chi connectivity index (χ1v) is 11.3. The number of carbonyl (C=O) groups is 1. The summed E-state index contributed by atoms with van der Waals surface area (Å²) in [5, 5.41) is 3.01. The highest BCUT2D eigenvalue weighted by Gasteiger charge is 2.53. The summed E-state index contributed by atoms with van der Waals surface area (Å²) in [5.74, 6) is -0.0428. The lowest BCUT2D eigenvalue weighted by atomic mass is 9.75. The molecular weight excluding hydrogens is 388 g/mol. The number of pyridine rings is 1. The lowest BCUT2D eigenvalue weighted by Crippen LogP contribution is -2.46. The van der Waals surface area contributed by atoms with Crippen molar-refractivity contribution in [1.82, 2.24) is 14.2 Å². The fourth-order valence-corrected chi connectivity index (χ4v) is 6.14. The van der Waals surface area contributed by atoms with Gasteiger partial charge in [0.05, 0.1) is 22.2 Å². The number of sulfonamides is 1. The highest BCUT2D eigenvalue weighted by Crippen LogP contribution is 2.44. The second kappa shape index (κ2) is 7.85. The van der Waals surface area contributed by atoms with Crippen molar-refractivity contribution < 1.29 is 13.2 Å². The average molecular weight is 415 g/mol. The predicted octanol–water partition coefficient (Wildman–Crippen LogP) is 2.20. The van der Waals surface area contributed by atoms with Crippen LogP contribution in [0, 0.1) is 5.41 Å². The second-order valence-electron chi connectivity index (χ2n) is 7.85. The lowest BCUT2D eigenvalue weighted by molar-refractivity contribution is -0.127. The number of rotatable bonds is 4. The Kier molecular flexibility index (Phi) is 5.42. The van der Waals surface area contributed by atoms with Crippen molar-refractivity contribution in [3.8, 4) is 0 Å². The minimum Gasteiger partial charge on any atom is -0.324 e. The van der Waals surface area contributed by atoms with E-state index in [-0.39, 0.29) is 11.9 Å². The number of nitrogens with one attached hydrogen (secondary N) is 1. The van der Waals surface area contributed by atoms with E-state index >= 15 is 0 Å². The SMILES string of the molecule is CN1CC[C@@]2(C(=O)Nc3cccnc3)CCN(S(=O)(=O)c3ccccc3)CC[C@@H]12. The van der Waals surface area contributed by atoms with Crippen LogP contribution in [0.15, 0.2) is 59.8 Å². The van der Waals surface area contributed by atoms with Gasteiger partial charge in [-0.05, 0) is 57.1 Å². The normalized spacial score (nSPS) is 25.9. The van der Waals surface area contributed by atoms with Gasteiger partial charge in [0.1, 0.15) is 0 Å². The van der Waals surface area contributed by atoms with E-state index in [1.807, 2.05) is 13.1 Å². The van der Waals surface area contributed by atoms with Crippen LogP contribution >= 0.6 is 0 Å². The van der Waals surface area contributed by atoms with Gasteiger partial charge in [-0.25, -0.2) is 8.42 Å². The minimum atomic E-state index is -3.57. The van der Waals surface area contributed by atoms with Crippen LogP contribution in [0.1, 0.15) is 19.3 Å². The van der Waals surface area contributed by atoms with E-state index in [0.29, 0.717) is 36.5 Å². The number of aromatic nitrogens is 1. The first-order valence-electron chi connectivity index (χ1n) is 9.90. The van der Waals surface area contributed by atoms with Crippen molar-refractivity contribution >= 4 is 21.6 Å². The molecule has 0 spiro atoms. The number of fused-ring (bicyclic) bond motifs is 1. The summed E-state index contributed by atoms with van der Waals surface area (Å²) >= 11 is 0. The molecule has 1 amide bonds. The Labute approximate surface area is 171 Å². The van der Waals surface area contributed by atoms with Crippen molar-refractivity contribution in [3.05, 3.63) is 54.9 Å². The van der Waals surface area contributed by atoms with Crippen LogP contribution in [0.3, 0.4) is 0 Å². The largest absolute Gasteiger partial charge is 0.324 e. The summed E-state index contributed by atoms with van der Waals surface area (Å²) in [5.41, 5.74) is 0.0594. The van der Waals surface area contributed by atoms with Crippen LogP contribution in [0.2, 0.25) is 0 Å². The molecule has 0 aliphatic carbocycles. The molecule has 1 aromatic carbocycles. The predicted molar refractivity (Wildman–Crippen MR) is 111 cm³/mol. The molecular formula is C21H26N4O3S. The van der Waals surface area contributed by atoms with E-state index in [0.717, 1.165) is 13.0 Å². The second-order valence-corrected chi connectivity index (χ2v) is 9.79. The number of likely N-dealkylation sites (tertiary alicyclic amines) is 1. The molecule has 2 aliphatic rings. The van der Waals surface area contributed by atoms with Gasteiger partial charge in [0.15, 0.2) is 0 Å². The molecule has 2 fully saturated rings. The highest BCUT2D eigenvalue weighted by molar-refractivity contribution is 7.89. The van der Waals surface area contributed by atoms with Gasteiger partial charge in [0, 0.05) is 25.3 Å². The molecule has 4 rings (SSSR count). The zero-order valence-electron chi connectivity index (χ0n) is 16.5. The maximum atomic E-state index is 13.4. The molecule has 29 heavy (non-hydrogen) atoms. The Morgan fingerprint density at radius 3 is 2.59 bits per heavy atom. The zero-order valence-corrected chi connectivity index (χ0v) is 17.3. The van der Waals surface area contributed by atoms with E-state index in [2.05, 4.69) is 15.2 Å². The monoisotopic (exact) mass is 414 g/mol. The number of carbonyl (C=O) groups excluding carboxylic acids is 1. The topological polar surface area (TPSA) is 82.6 Å². The average Bonchev–Trinajstić information content (AvgIpc) is 2.93. The van der Waals surface area contributed by atoms with E-state index in [1.165, 1.54) is 4.31 Å². The standard InChI is InChI=1S/C21H26N4O3S/c1-24-14-10-21(20(26)23-17-6-5-12-22-16-17)11-15-25(13-9-19(21)24)29(27,28)18-7-3-2-4-8-18/h2-8,12,16,19H,9-11,13-15H2,1H3,(H,23,26)/t19-,21-/m1/s1. The fourth-order valence-electron chi connectivity index (χ4n) is 4.66. The molecule has 154 valence electrons. The fraction of sp³-hybridized carbons (Fsp3) is 0.429. The van der Waals surface area contributed by atoms with Crippen LogP contribution in [-0.4, -0.2) is 61.2 Å². The third kappa shape index (κ3) is 3.68. The maximum absolute atomic E-state index is 13.4. The van der Waals surface area contributed by atoms with Gasteiger partial charge >= 0.3 is 0 Å². The van der Waals surface area contributed by atoms with Gasteiger partial charge in [-0.3, -0.25) is 9.78 Å². The maximum Gasteiger partial charge on any atom is 0.243 e. The van der Waals surface area contributed by atoms with Crippen LogP contribution in [-0.2, 0) is 14.8 Å². The smallest absolute Gasteiger partial charge is 0.243 e. The lowest BCUT2D eigenvalue weighted by Gasteiger charge is -2.34. The molecule has 8 heteroatoms. The summed E-state index contributed by atoms with van der Waals surface area (Å²) in [6.45, 7) is 1.58. The Bertz CT molecular complexity index is 968. The molecule has 0 saturated carbocycles. The first kappa shape index (κ1) is 20.0. The highest BCUT2D eigenvalue weighted by atomic mass is 32.2. The van der Waals surface area contributed by atoms with Gasteiger partial charge in [0.25, 0.3) is 0 Å². The Morgan fingerprint density at radius 2 is 1.86 bits per heavy atom. The Morgan fingerprint density at radius 1 is 1.10 bits per heavy atom. The molecule has 1 aromatic heterocycles. The van der Waals surface area contributed by atoms with Crippen LogP contribution in [0.5, 0.6) is 0 Å². The van der Waals surface area contributed by atoms with Crippen LogP contribution < -0.4 is 5.32 Å². The van der Waals surface area contributed by atoms with Gasteiger partial charge in [-0.15, -0.1) is 0 Å². The Balaban J connectivity index is 1.59. The number of hydrogen-bond donors (Lipinski definition) is 1. The molecule has 0 bridgehead atoms. The van der Waals surface area contributed by atoms with Crippen molar-refractivity contribution in [2.45, 2.75) is 30.2 Å². The number of amides is 1. The van der Waals surface area contributed by atoms with E-state index < -0.39 is 15.4 Å². The summed E-state index contributed by atoms with van der Waals surface area (Å²) in [6, 6.07) is 12.1. The molecule has 0 radical (unpaired) electrons. The molecule has 2 saturated heterocycles. The van der Waals surface area contributed by atoms with Gasteiger partial charge in [-0.2, -0.15) is 4.31 Å². The van der Waals surface area contributed by atoms with Gasteiger partial charge in [-0.1, -0.05) is 18.2 Å². The van der Waals surface area contributed by atoms with Gasteiger partial charge in [0.2, 0.25) is 15.9 Å². The summed E-state index contributed by atoms with van der Waals surface area (Å²) < 4.78 is 27.8. The number of nitrogens with zero attached hydrogens (tertiary/aromatic N) is 3. The first-order chi connectivity index (χ1) is 13.9. The van der Waals surface area contributed by atoms with E-state index in [4.69, 9.17) is 0 Å². The van der Waals surface area contributed by atoms with E-state index in [9.17, 15) is 13.2 Å². The number of anilines is 1. The molecule has 2 aliphatic heterocycles. The molecule has 1 N–H and O–H groups in total. The molecule has 3 heterocycles.